The first-order valence-electron chi connectivity index (χ1n) is 6.40. The van der Waals surface area contributed by atoms with Crippen molar-refractivity contribution in [2.75, 3.05) is 13.6 Å². The van der Waals surface area contributed by atoms with Gasteiger partial charge in [-0.05, 0) is 18.2 Å². The lowest BCUT2D eigenvalue weighted by Gasteiger charge is -2.16. The van der Waals surface area contributed by atoms with Crippen molar-refractivity contribution >= 4 is 40.4 Å². The van der Waals surface area contributed by atoms with Crippen LogP contribution in [0.2, 0.25) is 10.0 Å². The molecule has 1 heterocycles. The van der Waals surface area contributed by atoms with E-state index in [2.05, 4.69) is 4.98 Å². The average molecular weight is 383 g/mol. The third-order valence-electron chi connectivity index (χ3n) is 2.96. The van der Waals surface area contributed by atoms with Crippen LogP contribution in [0.3, 0.4) is 0 Å². The lowest BCUT2D eigenvalue weighted by Crippen LogP contribution is -2.30. The summed E-state index contributed by atoms with van der Waals surface area (Å²) in [4.78, 5) is 17.2. The zero-order valence-electron chi connectivity index (χ0n) is 11.8. The minimum absolute atomic E-state index is 0.0840. The van der Waals surface area contributed by atoms with Crippen LogP contribution >= 0.6 is 34.5 Å². The summed E-state index contributed by atoms with van der Waals surface area (Å²) in [6.45, 7) is -0.420. The van der Waals surface area contributed by atoms with Crippen molar-refractivity contribution in [3.63, 3.8) is 0 Å². The monoisotopic (exact) mass is 382 g/mol. The molecule has 0 spiro atoms. The minimum Gasteiger partial charge on any atom is -0.340 e. The summed E-state index contributed by atoms with van der Waals surface area (Å²) in [6.07, 6.45) is -5.37. The van der Waals surface area contributed by atoms with E-state index in [4.69, 9.17) is 23.2 Å². The van der Waals surface area contributed by atoms with Gasteiger partial charge in [0.05, 0.1) is 11.4 Å². The summed E-state index contributed by atoms with van der Waals surface area (Å²) in [5.41, 5.74) is 0.693. The quantitative estimate of drug-likeness (QED) is 0.733. The van der Waals surface area contributed by atoms with E-state index in [0.717, 1.165) is 4.90 Å². The Morgan fingerprint density at radius 1 is 1.35 bits per heavy atom. The molecule has 1 aromatic carbocycles. The molecule has 0 N–H and O–H groups in total. The summed E-state index contributed by atoms with van der Waals surface area (Å²) < 4.78 is 36.6. The highest BCUT2D eigenvalue weighted by Crippen LogP contribution is 2.32. The van der Waals surface area contributed by atoms with Crippen LogP contribution in [0, 0.1) is 0 Å². The number of alkyl halides is 3. The Kier molecular flexibility index (Phi) is 5.54. The Balaban J connectivity index is 2.13. The Bertz CT molecular complexity index is 718. The lowest BCUT2D eigenvalue weighted by atomic mass is 10.2. The molecule has 0 fully saturated rings. The standard InChI is InChI=1S/C14H11Cl2F3N2OS/c1-21(5-4-14(17,18)19)13(22)11-7-23-12(20-11)9-3-2-8(15)6-10(9)16/h2-3,6-7H,4-5H2,1H3. The number of carbonyl (C=O) groups excluding carboxylic acids is 1. The molecule has 0 saturated heterocycles. The van der Waals surface area contributed by atoms with Crippen molar-refractivity contribution in [2.24, 2.45) is 0 Å². The van der Waals surface area contributed by atoms with Crippen LogP contribution in [-0.4, -0.2) is 35.6 Å². The van der Waals surface area contributed by atoms with E-state index in [1.807, 2.05) is 0 Å². The molecule has 0 aliphatic rings. The predicted octanol–water partition coefficient (Wildman–Crippen LogP) is 5.14. The summed E-state index contributed by atoms with van der Waals surface area (Å²) in [5, 5.41) is 2.85. The topological polar surface area (TPSA) is 33.2 Å². The van der Waals surface area contributed by atoms with Crippen molar-refractivity contribution in [1.82, 2.24) is 9.88 Å². The third-order valence-corrected chi connectivity index (χ3v) is 4.39. The number of halogens is 5. The molecule has 2 rings (SSSR count). The SMILES string of the molecule is CN(CCC(F)(F)F)C(=O)c1csc(-c2ccc(Cl)cc2Cl)n1. The van der Waals surface area contributed by atoms with E-state index in [1.54, 1.807) is 18.2 Å². The van der Waals surface area contributed by atoms with Gasteiger partial charge in [0.25, 0.3) is 5.91 Å². The van der Waals surface area contributed by atoms with Gasteiger partial charge in [-0.25, -0.2) is 4.98 Å². The number of carbonyl (C=O) groups is 1. The summed E-state index contributed by atoms with van der Waals surface area (Å²) in [5.74, 6) is -0.568. The fraction of sp³-hybridized carbons (Fsp3) is 0.286. The molecule has 0 aliphatic carbocycles. The van der Waals surface area contributed by atoms with E-state index in [0.29, 0.717) is 20.6 Å². The van der Waals surface area contributed by atoms with Crippen molar-refractivity contribution in [3.05, 3.63) is 39.3 Å². The van der Waals surface area contributed by atoms with Gasteiger partial charge in [0.2, 0.25) is 0 Å². The first-order valence-corrected chi connectivity index (χ1v) is 8.04. The van der Waals surface area contributed by atoms with Gasteiger partial charge in [0, 0.05) is 29.6 Å². The van der Waals surface area contributed by atoms with Gasteiger partial charge >= 0.3 is 6.18 Å². The van der Waals surface area contributed by atoms with Gasteiger partial charge in [-0.1, -0.05) is 23.2 Å². The minimum atomic E-state index is -4.31. The number of nitrogens with zero attached hydrogens (tertiary/aromatic N) is 2. The third kappa shape index (κ3) is 4.83. The Hall–Kier alpha value is -1.31. The molecular weight excluding hydrogens is 372 g/mol. The number of amides is 1. The summed E-state index contributed by atoms with van der Waals surface area (Å²) in [6, 6.07) is 4.86. The van der Waals surface area contributed by atoms with Crippen LogP contribution in [0.4, 0.5) is 13.2 Å². The zero-order chi connectivity index (χ0) is 17.2. The van der Waals surface area contributed by atoms with E-state index in [1.165, 1.54) is 23.8 Å². The molecule has 23 heavy (non-hydrogen) atoms. The molecule has 0 aliphatic heterocycles. The lowest BCUT2D eigenvalue weighted by molar-refractivity contribution is -0.136. The van der Waals surface area contributed by atoms with Crippen LogP contribution in [-0.2, 0) is 0 Å². The summed E-state index contributed by atoms with van der Waals surface area (Å²) in [7, 11) is 1.31. The number of thiazole rings is 1. The zero-order valence-corrected chi connectivity index (χ0v) is 14.2. The second kappa shape index (κ2) is 7.07. The van der Waals surface area contributed by atoms with Crippen LogP contribution < -0.4 is 0 Å². The molecule has 0 unspecified atom stereocenters. The van der Waals surface area contributed by atoms with Crippen molar-refractivity contribution in [3.8, 4) is 10.6 Å². The van der Waals surface area contributed by atoms with Gasteiger partial charge < -0.3 is 4.90 Å². The van der Waals surface area contributed by atoms with Gasteiger partial charge in [0.15, 0.2) is 0 Å². The normalized spacial score (nSPS) is 11.6. The molecule has 0 radical (unpaired) electrons. The number of benzene rings is 1. The van der Waals surface area contributed by atoms with E-state index < -0.39 is 25.0 Å². The maximum Gasteiger partial charge on any atom is 0.390 e. The summed E-state index contributed by atoms with van der Waals surface area (Å²) >= 11 is 13.1. The smallest absolute Gasteiger partial charge is 0.340 e. The van der Waals surface area contributed by atoms with E-state index in [9.17, 15) is 18.0 Å². The first kappa shape index (κ1) is 18.0. The highest BCUT2D eigenvalue weighted by molar-refractivity contribution is 7.13. The maximum atomic E-state index is 12.2. The molecule has 3 nitrogen and oxygen atoms in total. The van der Waals surface area contributed by atoms with Gasteiger partial charge in [-0.2, -0.15) is 13.2 Å². The van der Waals surface area contributed by atoms with Gasteiger partial charge in [-0.3, -0.25) is 4.79 Å². The van der Waals surface area contributed by atoms with Crippen LogP contribution in [0.25, 0.3) is 10.6 Å². The van der Waals surface area contributed by atoms with Crippen LogP contribution in [0.15, 0.2) is 23.6 Å². The second-order valence-electron chi connectivity index (χ2n) is 4.75. The van der Waals surface area contributed by atoms with Gasteiger partial charge in [-0.15, -0.1) is 11.3 Å². The first-order chi connectivity index (χ1) is 10.7. The molecule has 0 saturated carbocycles. The predicted molar refractivity (Wildman–Crippen MR) is 85.2 cm³/mol. The Morgan fingerprint density at radius 3 is 2.65 bits per heavy atom. The average Bonchev–Trinajstić information content (AvgIpc) is 2.92. The number of hydrogen-bond acceptors (Lipinski definition) is 3. The fourth-order valence-corrected chi connectivity index (χ4v) is 3.14. The highest BCUT2D eigenvalue weighted by atomic mass is 35.5. The van der Waals surface area contributed by atoms with Crippen molar-refractivity contribution in [2.45, 2.75) is 12.6 Å². The second-order valence-corrected chi connectivity index (χ2v) is 6.46. The van der Waals surface area contributed by atoms with E-state index >= 15 is 0 Å². The highest BCUT2D eigenvalue weighted by Gasteiger charge is 2.28. The van der Waals surface area contributed by atoms with Crippen molar-refractivity contribution in [1.29, 1.82) is 0 Å². The molecule has 1 aromatic heterocycles. The largest absolute Gasteiger partial charge is 0.390 e. The number of aromatic nitrogens is 1. The number of rotatable bonds is 4. The van der Waals surface area contributed by atoms with Gasteiger partial charge in [0.1, 0.15) is 10.7 Å². The fourth-order valence-electron chi connectivity index (χ4n) is 1.75. The van der Waals surface area contributed by atoms with Crippen molar-refractivity contribution < 1.29 is 18.0 Å². The Labute approximate surface area is 144 Å². The molecule has 9 heteroatoms. The molecule has 124 valence electrons. The Morgan fingerprint density at radius 2 is 2.04 bits per heavy atom. The molecule has 0 bridgehead atoms. The molecule has 1 amide bonds. The molecule has 0 atom stereocenters. The maximum absolute atomic E-state index is 12.2. The molecular formula is C14H11Cl2F3N2OS. The number of hydrogen-bond donors (Lipinski definition) is 0. The van der Waals surface area contributed by atoms with Crippen LogP contribution in [0.5, 0.6) is 0 Å². The van der Waals surface area contributed by atoms with Crippen LogP contribution in [0.1, 0.15) is 16.9 Å². The molecule has 2 aromatic rings. The van der Waals surface area contributed by atoms with E-state index in [-0.39, 0.29) is 5.69 Å².